The highest BCUT2D eigenvalue weighted by Gasteiger charge is 2.60. The van der Waals surface area contributed by atoms with Gasteiger partial charge in [-0.2, -0.15) is 0 Å². The molecular weight excluding hydrogens is 160 g/mol. The monoisotopic (exact) mass is 176 g/mol. The van der Waals surface area contributed by atoms with Gasteiger partial charge in [0.2, 0.25) is 0 Å². The molecule has 0 bridgehead atoms. The van der Waals surface area contributed by atoms with Gasteiger partial charge in [0, 0.05) is 18.3 Å². The van der Waals surface area contributed by atoms with Gasteiger partial charge in [0.1, 0.15) is 0 Å². The summed E-state index contributed by atoms with van der Waals surface area (Å²) in [4.78, 5) is 0. The quantitative estimate of drug-likeness (QED) is 0.570. The van der Waals surface area contributed by atoms with Crippen molar-refractivity contribution in [2.45, 2.75) is 38.0 Å². The summed E-state index contributed by atoms with van der Waals surface area (Å²) in [5, 5.41) is 2.17. The van der Waals surface area contributed by atoms with Crippen LogP contribution in [0.3, 0.4) is 0 Å². The molecule has 2 N–H and O–H groups in total. The van der Waals surface area contributed by atoms with Crippen LogP contribution in [-0.4, -0.2) is 19.0 Å². The Hall–Kier alpha value is -0.180. The Morgan fingerprint density at radius 3 is 2.33 bits per heavy atom. The lowest BCUT2D eigenvalue weighted by Gasteiger charge is -2.48. The molecule has 1 saturated heterocycles. The predicted octanol–water partition coefficient (Wildman–Crippen LogP) is 1.15. The van der Waals surface area contributed by atoms with Crippen molar-refractivity contribution in [1.29, 1.82) is 0 Å². The average molecular weight is 176 g/mol. The molecule has 1 nitrogen and oxygen atoms in total. The Morgan fingerprint density at radius 2 is 1.75 bits per heavy atom. The van der Waals surface area contributed by atoms with Gasteiger partial charge in [-0.15, -0.1) is 0 Å². The number of quaternary nitrogens is 1. The van der Waals surface area contributed by atoms with Gasteiger partial charge in [-0.05, 0) is 19.3 Å². The summed E-state index contributed by atoms with van der Waals surface area (Å²) in [5.41, 5.74) is -0.583. The molecule has 0 radical (unpaired) electrons. The smallest absolute Gasteiger partial charge is 0.253 e. The molecule has 1 saturated carbocycles. The van der Waals surface area contributed by atoms with Crippen molar-refractivity contribution in [1.82, 2.24) is 0 Å². The van der Waals surface area contributed by atoms with Crippen LogP contribution >= 0.6 is 0 Å². The van der Waals surface area contributed by atoms with E-state index in [1.165, 1.54) is 0 Å². The van der Waals surface area contributed by atoms with Crippen molar-refractivity contribution in [3.8, 4) is 0 Å². The summed E-state index contributed by atoms with van der Waals surface area (Å²) in [5.74, 6) is -2.34. The van der Waals surface area contributed by atoms with Crippen molar-refractivity contribution in [2.24, 2.45) is 5.41 Å². The SMILES string of the molecule is FC1(F)CCC12CCC[NH2+]CC2. The largest absolute Gasteiger partial charge is 0.346 e. The van der Waals surface area contributed by atoms with Gasteiger partial charge in [-0.1, -0.05) is 0 Å². The summed E-state index contributed by atoms with van der Waals surface area (Å²) >= 11 is 0. The topological polar surface area (TPSA) is 16.6 Å². The van der Waals surface area contributed by atoms with E-state index in [2.05, 4.69) is 5.32 Å². The van der Waals surface area contributed by atoms with Crippen LogP contribution in [0.5, 0.6) is 0 Å². The molecule has 2 aliphatic rings. The Bertz CT molecular complexity index is 171. The molecule has 0 amide bonds. The maximum atomic E-state index is 13.2. The molecule has 1 aliphatic heterocycles. The summed E-state index contributed by atoms with van der Waals surface area (Å²) in [7, 11) is 0. The van der Waals surface area contributed by atoms with E-state index >= 15 is 0 Å². The third-order valence-corrected chi connectivity index (χ3v) is 3.58. The van der Waals surface area contributed by atoms with Gasteiger partial charge < -0.3 is 5.32 Å². The second kappa shape index (κ2) is 2.66. The minimum absolute atomic E-state index is 0.132. The van der Waals surface area contributed by atoms with E-state index in [-0.39, 0.29) is 6.42 Å². The van der Waals surface area contributed by atoms with Gasteiger partial charge in [0.15, 0.2) is 0 Å². The molecule has 1 unspecified atom stereocenters. The second-order valence-corrected chi connectivity index (χ2v) is 4.20. The van der Waals surface area contributed by atoms with Crippen LogP contribution in [0.25, 0.3) is 0 Å². The number of halogens is 2. The molecule has 0 aromatic rings. The maximum Gasteiger partial charge on any atom is 0.253 e. The van der Waals surface area contributed by atoms with Crippen molar-refractivity contribution in [3.63, 3.8) is 0 Å². The summed E-state index contributed by atoms with van der Waals surface area (Å²) in [6, 6.07) is 0. The first-order valence-corrected chi connectivity index (χ1v) is 4.86. The lowest BCUT2D eigenvalue weighted by molar-refractivity contribution is -0.654. The Morgan fingerprint density at radius 1 is 0.917 bits per heavy atom. The van der Waals surface area contributed by atoms with Crippen molar-refractivity contribution < 1.29 is 14.1 Å². The van der Waals surface area contributed by atoms with Crippen LogP contribution in [0.4, 0.5) is 8.78 Å². The third-order valence-electron chi connectivity index (χ3n) is 3.58. The third kappa shape index (κ3) is 1.06. The van der Waals surface area contributed by atoms with Crippen LogP contribution in [0.15, 0.2) is 0 Å². The van der Waals surface area contributed by atoms with Gasteiger partial charge in [-0.3, -0.25) is 0 Å². The number of hydrogen-bond acceptors (Lipinski definition) is 0. The Balaban J connectivity index is 2.08. The number of nitrogens with two attached hydrogens (primary N) is 1. The number of rotatable bonds is 0. The summed E-state index contributed by atoms with van der Waals surface area (Å²) in [6.07, 6.45) is 3.33. The van der Waals surface area contributed by atoms with E-state index in [1.807, 2.05) is 0 Å². The van der Waals surface area contributed by atoms with Crippen LogP contribution < -0.4 is 5.32 Å². The van der Waals surface area contributed by atoms with E-state index in [0.717, 1.165) is 38.8 Å². The zero-order valence-electron chi connectivity index (χ0n) is 7.28. The minimum Gasteiger partial charge on any atom is -0.346 e. The first-order chi connectivity index (χ1) is 5.66. The molecule has 0 aromatic carbocycles. The molecule has 3 heteroatoms. The first-order valence-electron chi connectivity index (χ1n) is 4.86. The number of alkyl halides is 2. The van der Waals surface area contributed by atoms with E-state index < -0.39 is 11.3 Å². The maximum absolute atomic E-state index is 13.2. The van der Waals surface area contributed by atoms with Gasteiger partial charge >= 0.3 is 0 Å². The van der Waals surface area contributed by atoms with Gasteiger partial charge in [0.05, 0.1) is 13.1 Å². The fraction of sp³-hybridized carbons (Fsp3) is 1.00. The predicted molar refractivity (Wildman–Crippen MR) is 42.1 cm³/mol. The first kappa shape index (κ1) is 8.42. The molecular formula is C9H16F2N+. The lowest BCUT2D eigenvalue weighted by Crippen LogP contribution is -2.84. The Labute approximate surface area is 71.5 Å². The molecule has 2 rings (SSSR count). The van der Waals surface area contributed by atoms with Crippen LogP contribution in [0.1, 0.15) is 32.1 Å². The summed E-state index contributed by atoms with van der Waals surface area (Å²) < 4.78 is 26.5. The molecule has 12 heavy (non-hydrogen) atoms. The summed E-state index contributed by atoms with van der Waals surface area (Å²) in [6.45, 7) is 1.94. The van der Waals surface area contributed by atoms with E-state index in [9.17, 15) is 8.78 Å². The number of hydrogen-bond donors (Lipinski definition) is 1. The van der Waals surface area contributed by atoms with Crippen molar-refractivity contribution >= 4 is 0 Å². The van der Waals surface area contributed by atoms with Crippen LogP contribution in [0, 0.1) is 5.41 Å². The average Bonchev–Trinajstić information content (AvgIpc) is 2.28. The highest BCUT2D eigenvalue weighted by Crippen LogP contribution is 2.58. The van der Waals surface area contributed by atoms with Crippen LogP contribution in [-0.2, 0) is 0 Å². The molecule has 1 atom stereocenters. The minimum atomic E-state index is -2.34. The van der Waals surface area contributed by atoms with Gasteiger partial charge in [-0.25, -0.2) is 8.78 Å². The second-order valence-electron chi connectivity index (χ2n) is 4.20. The normalized spacial score (nSPS) is 40.5. The zero-order valence-corrected chi connectivity index (χ0v) is 7.28. The highest BCUT2D eigenvalue weighted by molar-refractivity contribution is 5.01. The fourth-order valence-electron chi connectivity index (χ4n) is 2.52. The molecule has 2 fully saturated rings. The molecule has 1 spiro atoms. The fourth-order valence-corrected chi connectivity index (χ4v) is 2.52. The lowest BCUT2D eigenvalue weighted by atomic mass is 9.61. The molecule has 0 aromatic heterocycles. The molecule has 1 heterocycles. The zero-order chi connectivity index (χ0) is 8.66. The Kier molecular flexibility index (Phi) is 1.86. The van der Waals surface area contributed by atoms with Crippen molar-refractivity contribution in [3.05, 3.63) is 0 Å². The van der Waals surface area contributed by atoms with E-state index in [0.29, 0.717) is 0 Å². The van der Waals surface area contributed by atoms with Gasteiger partial charge in [0.25, 0.3) is 5.92 Å². The van der Waals surface area contributed by atoms with Crippen molar-refractivity contribution in [2.75, 3.05) is 13.1 Å². The van der Waals surface area contributed by atoms with E-state index in [4.69, 9.17) is 0 Å². The standard InChI is InChI=1S/C9H15F2N/c10-9(11)4-3-8(9)2-1-6-12-7-5-8/h12H,1-7H2/p+1. The molecule has 1 aliphatic carbocycles. The highest BCUT2D eigenvalue weighted by atomic mass is 19.3. The van der Waals surface area contributed by atoms with E-state index in [1.54, 1.807) is 0 Å². The van der Waals surface area contributed by atoms with Crippen LogP contribution in [0.2, 0.25) is 0 Å². The molecule has 70 valence electrons.